The second-order valence-electron chi connectivity index (χ2n) is 6.22. The van der Waals surface area contributed by atoms with Crippen LogP contribution in [0.25, 0.3) is 6.08 Å². The minimum atomic E-state index is -0.930. The molecule has 1 aromatic carbocycles. The lowest BCUT2D eigenvalue weighted by molar-refractivity contribution is -0.131. The van der Waals surface area contributed by atoms with Crippen LogP contribution in [0.4, 0.5) is 0 Å². The van der Waals surface area contributed by atoms with Gasteiger partial charge in [0.25, 0.3) is 0 Å². The van der Waals surface area contributed by atoms with Crippen molar-refractivity contribution in [1.29, 1.82) is 0 Å². The quantitative estimate of drug-likeness (QED) is 0.829. The Morgan fingerprint density at radius 2 is 1.90 bits per heavy atom. The average Bonchev–Trinajstić information content (AvgIpc) is 2.42. The highest BCUT2D eigenvalue weighted by atomic mass is 16.5. The maximum Gasteiger partial charge on any atom is 0.328 e. The molecule has 0 bridgehead atoms. The first-order chi connectivity index (χ1) is 10.0. The lowest BCUT2D eigenvalue weighted by Crippen LogP contribution is -2.26. The minimum Gasteiger partial charge on any atom is -0.478 e. The van der Waals surface area contributed by atoms with Crippen LogP contribution < -0.4 is 0 Å². The normalized spacial score (nSPS) is 26.1. The summed E-state index contributed by atoms with van der Waals surface area (Å²) in [7, 11) is 0. The fourth-order valence-corrected chi connectivity index (χ4v) is 3.21. The third-order valence-electron chi connectivity index (χ3n) is 4.07. The van der Waals surface area contributed by atoms with Gasteiger partial charge in [0.1, 0.15) is 0 Å². The molecule has 2 rings (SSSR count). The Balaban J connectivity index is 1.98. The number of rotatable bonds is 5. The summed E-state index contributed by atoms with van der Waals surface area (Å²) in [6, 6.07) is 7.79. The van der Waals surface area contributed by atoms with Crippen LogP contribution in [0.5, 0.6) is 0 Å². The molecule has 0 spiro atoms. The molecule has 114 valence electrons. The Kier molecular flexibility index (Phi) is 5.57. The highest BCUT2D eigenvalue weighted by Gasteiger charge is 2.24. The summed E-state index contributed by atoms with van der Waals surface area (Å²) in [5, 5.41) is 8.74. The maximum absolute atomic E-state index is 10.6. The molecule has 21 heavy (non-hydrogen) atoms. The van der Waals surface area contributed by atoms with E-state index in [4.69, 9.17) is 9.84 Å². The van der Waals surface area contributed by atoms with Crippen molar-refractivity contribution in [3.05, 3.63) is 41.5 Å². The summed E-state index contributed by atoms with van der Waals surface area (Å²) in [5.41, 5.74) is 1.96. The Morgan fingerprint density at radius 1 is 1.24 bits per heavy atom. The molecule has 0 saturated heterocycles. The van der Waals surface area contributed by atoms with Gasteiger partial charge >= 0.3 is 5.97 Å². The third kappa shape index (κ3) is 5.01. The van der Waals surface area contributed by atoms with Crippen molar-refractivity contribution in [2.24, 2.45) is 11.8 Å². The number of carboxylic acids is 1. The van der Waals surface area contributed by atoms with Gasteiger partial charge in [-0.3, -0.25) is 0 Å². The van der Waals surface area contributed by atoms with Crippen LogP contribution in [-0.2, 0) is 16.1 Å². The summed E-state index contributed by atoms with van der Waals surface area (Å²) < 4.78 is 6.08. The SMILES string of the molecule is CC1CC(C)CC(OCc2ccccc2C=CC(=O)O)C1. The van der Waals surface area contributed by atoms with Gasteiger partial charge in [-0.25, -0.2) is 4.79 Å². The highest BCUT2D eigenvalue weighted by Crippen LogP contribution is 2.31. The van der Waals surface area contributed by atoms with Gasteiger partial charge in [0.15, 0.2) is 0 Å². The fraction of sp³-hybridized carbons (Fsp3) is 0.500. The maximum atomic E-state index is 10.6. The molecule has 3 nitrogen and oxygen atoms in total. The van der Waals surface area contributed by atoms with E-state index in [9.17, 15) is 4.79 Å². The lowest BCUT2D eigenvalue weighted by Gasteiger charge is -2.31. The second kappa shape index (κ2) is 7.41. The minimum absolute atomic E-state index is 0.320. The van der Waals surface area contributed by atoms with Crippen LogP contribution in [0.15, 0.2) is 30.3 Å². The third-order valence-corrected chi connectivity index (χ3v) is 4.07. The first-order valence-electron chi connectivity index (χ1n) is 7.65. The number of hydrogen-bond donors (Lipinski definition) is 1. The summed E-state index contributed by atoms with van der Waals surface area (Å²) in [6.45, 7) is 5.12. The van der Waals surface area contributed by atoms with Gasteiger partial charge in [-0.1, -0.05) is 38.1 Å². The largest absolute Gasteiger partial charge is 0.478 e. The predicted octanol–water partition coefficient (Wildman–Crippen LogP) is 4.13. The molecule has 1 saturated carbocycles. The average molecular weight is 288 g/mol. The summed E-state index contributed by atoms with van der Waals surface area (Å²) in [6.07, 6.45) is 6.66. The first-order valence-corrected chi connectivity index (χ1v) is 7.65. The van der Waals surface area contributed by atoms with Crippen molar-refractivity contribution in [2.75, 3.05) is 0 Å². The van der Waals surface area contributed by atoms with Crippen LogP contribution in [0, 0.1) is 11.8 Å². The van der Waals surface area contributed by atoms with E-state index >= 15 is 0 Å². The molecule has 0 radical (unpaired) electrons. The monoisotopic (exact) mass is 288 g/mol. The van der Waals surface area contributed by atoms with Gasteiger partial charge in [-0.2, -0.15) is 0 Å². The summed E-state index contributed by atoms with van der Waals surface area (Å²) in [4.78, 5) is 10.6. The number of carboxylic acid groups (broad SMARTS) is 1. The second-order valence-corrected chi connectivity index (χ2v) is 6.22. The molecule has 2 atom stereocenters. The molecule has 0 aromatic heterocycles. The Morgan fingerprint density at radius 3 is 2.57 bits per heavy atom. The van der Waals surface area contributed by atoms with E-state index in [1.807, 2.05) is 24.3 Å². The smallest absolute Gasteiger partial charge is 0.328 e. The van der Waals surface area contributed by atoms with E-state index in [1.165, 1.54) is 12.5 Å². The van der Waals surface area contributed by atoms with Gasteiger partial charge in [-0.15, -0.1) is 0 Å². The van der Waals surface area contributed by atoms with Crippen LogP contribution in [0.2, 0.25) is 0 Å². The zero-order chi connectivity index (χ0) is 15.2. The highest BCUT2D eigenvalue weighted by molar-refractivity contribution is 5.85. The van der Waals surface area contributed by atoms with Crippen molar-refractivity contribution < 1.29 is 14.6 Å². The number of hydrogen-bond acceptors (Lipinski definition) is 2. The van der Waals surface area contributed by atoms with Gasteiger partial charge in [0.05, 0.1) is 12.7 Å². The molecule has 0 aliphatic heterocycles. The topological polar surface area (TPSA) is 46.5 Å². The summed E-state index contributed by atoms with van der Waals surface area (Å²) in [5.74, 6) is 0.516. The van der Waals surface area contributed by atoms with Gasteiger partial charge in [0.2, 0.25) is 0 Å². The number of ether oxygens (including phenoxy) is 1. The lowest BCUT2D eigenvalue weighted by atomic mass is 9.82. The van der Waals surface area contributed by atoms with Crippen molar-refractivity contribution in [3.8, 4) is 0 Å². The van der Waals surface area contributed by atoms with Crippen molar-refractivity contribution >= 4 is 12.0 Å². The molecule has 1 fully saturated rings. The predicted molar refractivity (Wildman–Crippen MR) is 83.9 cm³/mol. The van der Waals surface area contributed by atoms with Crippen LogP contribution in [-0.4, -0.2) is 17.2 Å². The molecular weight excluding hydrogens is 264 g/mol. The fourth-order valence-electron chi connectivity index (χ4n) is 3.21. The van der Waals surface area contributed by atoms with E-state index < -0.39 is 5.97 Å². The van der Waals surface area contributed by atoms with E-state index in [1.54, 1.807) is 6.08 Å². The Bertz CT molecular complexity index is 497. The van der Waals surface area contributed by atoms with Gasteiger partial charge in [-0.05, 0) is 48.3 Å². The molecule has 1 N–H and O–H groups in total. The molecule has 0 heterocycles. The number of aliphatic carboxylic acids is 1. The van der Waals surface area contributed by atoms with Crippen LogP contribution in [0.3, 0.4) is 0 Å². The van der Waals surface area contributed by atoms with Gasteiger partial charge in [0, 0.05) is 6.08 Å². The number of carbonyl (C=O) groups is 1. The van der Waals surface area contributed by atoms with E-state index in [0.717, 1.165) is 35.8 Å². The molecule has 3 heteroatoms. The zero-order valence-corrected chi connectivity index (χ0v) is 12.8. The van der Waals surface area contributed by atoms with Gasteiger partial charge < -0.3 is 9.84 Å². The molecule has 0 amide bonds. The summed E-state index contributed by atoms with van der Waals surface area (Å²) >= 11 is 0. The van der Waals surface area contributed by atoms with Crippen LogP contribution in [0.1, 0.15) is 44.2 Å². The standard InChI is InChI=1S/C18H24O3/c1-13-9-14(2)11-17(10-13)21-12-16-6-4-3-5-15(16)7-8-18(19)20/h3-8,13-14,17H,9-12H2,1-2H3,(H,19,20). The molecule has 1 aliphatic carbocycles. The molecule has 2 unspecified atom stereocenters. The van der Waals surface area contributed by atoms with Crippen molar-refractivity contribution in [3.63, 3.8) is 0 Å². The van der Waals surface area contributed by atoms with Crippen molar-refractivity contribution in [1.82, 2.24) is 0 Å². The molecular formula is C18H24O3. The molecule has 1 aliphatic rings. The van der Waals surface area contributed by atoms with E-state index in [0.29, 0.717) is 12.7 Å². The van der Waals surface area contributed by atoms with E-state index in [-0.39, 0.29) is 0 Å². The Hall–Kier alpha value is -1.61. The van der Waals surface area contributed by atoms with Crippen molar-refractivity contribution in [2.45, 2.75) is 45.8 Å². The zero-order valence-electron chi connectivity index (χ0n) is 12.8. The number of benzene rings is 1. The first kappa shape index (κ1) is 15.8. The van der Waals surface area contributed by atoms with Crippen LogP contribution >= 0.6 is 0 Å². The Labute approximate surface area is 126 Å². The molecule has 1 aromatic rings. The van der Waals surface area contributed by atoms with E-state index in [2.05, 4.69) is 13.8 Å².